The average Bonchev–Trinajstić information content (AvgIpc) is 2.46. The summed E-state index contributed by atoms with van der Waals surface area (Å²) in [5.74, 6) is 1.84. The second-order valence-corrected chi connectivity index (χ2v) is 6.12. The zero-order valence-corrected chi connectivity index (χ0v) is 12.4. The molecule has 1 aromatic rings. The normalized spacial score (nSPS) is 15.4. The Kier molecular flexibility index (Phi) is 5.10. The van der Waals surface area contributed by atoms with Crippen LogP contribution in [-0.4, -0.2) is 29.5 Å². The average molecular weight is 278 g/mol. The first kappa shape index (κ1) is 14.2. The van der Waals surface area contributed by atoms with Crippen molar-refractivity contribution in [3.8, 4) is 0 Å². The Morgan fingerprint density at radius 1 is 1.26 bits per heavy atom. The van der Waals surface area contributed by atoms with E-state index in [2.05, 4.69) is 47.5 Å². The van der Waals surface area contributed by atoms with E-state index < -0.39 is 0 Å². The van der Waals surface area contributed by atoms with Crippen LogP contribution in [-0.2, 0) is 6.54 Å². The van der Waals surface area contributed by atoms with E-state index >= 15 is 0 Å². The van der Waals surface area contributed by atoms with Gasteiger partial charge >= 0.3 is 0 Å². The zero-order valence-electron chi connectivity index (χ0n) is 11.6. The molecule has 0 atom stereocenters. The lowest BCUT2D eigenvalue weighted by Gasteiger charge is -2.29. The van der Waals surface area contributed by atoms with E-state index in [1.807, 2.05) is 23.3 Å². The second kappa shape index (κ2) is 6.82. The largest absolute Gasteiger partial charge is 0.326 e. The number of benzene rings is 1. The zero-order chi connectivity index (χ0) is 13.7. The van der Waals surface area contributed by atoms with Gasteiger partial charge in [-0.3, -0.25) is 5.01 Å². The van der Waals surface area contributed by atoms with Crippen molar-refractivity contribution < 1.29 is 0 Å². The molecule has 0 aromatic heterocycles. The molecule has 0 amide bonds. The van der Waals surface area contributed by atoms with Gasteiger partial charge in [-0.2, -0.15) is 5.10 Å². The molecule has 0 saturated carbocycles. The first-order chi connectivity index (χ1) is 9.19. The standard InChI is InChI=1S/C14H22N4S/c1-12(2)10-19-17-7-8-18(16-11-17)14-5-3-13(9-15)4-6-14/h3-6,11-12H,7-10,15H2,1-2H3. The molecule has 0 saturated heterocycles. The number of hydrogen-bond acceptors (Lipinski definition) is 5. The highest BCUT2D eigenvalue weighted by Gasteiger charge is 2.13. The SMILES string of the molecule is CC(C)CSN1C=NN(c2ccc(CN)cc2)CC1. The molecule has 2 rings (SSSR count). The molecule has 2 N–H and O–H groups in total. The van der Waals surface area contributed by atoms with Gasteiger partial charge in [0.25, 0.3) is 0 Å². The van der Waals surface area contributed by atoms with Crippen LogP contribution in [0.3, 0.4) is 0 Å². The third-order valence-electron chi connectivity index (χ3n) is 2.90. The minimum Gasteiger partial charge on any atom is -0.326 e. The fraction of sp³-hybridized carbons (Fsp3) is 0.500. The molecular formula is C14H22N4S. The third kappa shape index (κ3) is 4.14. The lowest BCUT2D eigenvalue weighted by Crippen LogP contribution is -2.34. The fourth-order valence-electron chi connectivity index (χ4n) is 1.77. The van der Waals surface area contributed by atoms with E-state index in [4.69, 9.17) is 5.73 Å². The minimum atomic E-state index is 0.586. The van der Waals surface area contributed by atoms with Crippen LogP contribution in [0.4, 0.5) is 5.69 Å². The number of hydrogen-bond donors (Lipinski definition) is 1. The van der Waals surface area contributed by atoms with Gasteiger partial charge in [-0.05, 0) is 35.6 Å². The van der Waals surface area contributed by atoms with Crippen LogP contribution < -0.4 is 10.7 Å². The van der Waals surface area contributed by atoms with Gasteiger partial charge in [0.1, 0.15) is 6.34 Å². The second-order valence-electron chi connectivity index (χ2n) is 5.05. The molecule has 4 nitrogen and oxygen atoms in total. The number of nitrogens with zero attached hydrogens (tertiary/aromatic N) is 3. The van der Waals surface area contributed by atoms with Gasteiger partial charge in [0, 0.05) is 12.3 Å². The summed E-state index contributed by atoms with van der Waals surface area (Å²) in [6, 6.07) is 8.28. The molecule has 1 aliphatic heterocycles. The van der Waals surface area contributed by atoms with Crippen molar-refractivity contribution in [3.05, 3.63) is 29.8 Å². The van der Waals surface area contributed by atoms with Crippen LogP contribution in [0.5, 0.6) is 0 Å². The van der Waals surface area contributed by atoms with Crippen LogP contribution in [0.1, 0.15) is 19.4 Å². The molecule has 0 fully saturated rings. The van der Waals surface area contributed by atoms with Crippen molar-refractivity contribution >= 4 is 24.0 Å². The van der Waals surface area contributed by atoms with Gasteiger partial charge in [-0.15, -0.1) is 0 Å². The van der Waals surface area contributed by atoms with Crippen molar-refractivity contribution in [1.82, 2.24) is 4.31 Å². The minimum absolute atomic E-state index is 0.586. The first-order valence-electron chi connectivity index (χ1n) is 6.69. The van der Waals surface area contributed by atoms with E-state index in [-0.39, 0.29) is 0 Å². The summed E-state index contributed by atoms with van der Waals surface area (Å²) in [4.78, 5) is 0. The number of rotatable bonds is 5. The maximum absolute atomic E-state index is 5.60. The highest BCUT2D eigenvalue weighted by Crippen LogP contribution is 2.20. The summed E-state index contributed by atoms with van der Waals surface area (Å²) in [5.41, 5.74) is 7.88. The van der Waals surface area contributed by atoms with Crippen molar-refractivity contribution in [1.29, 1.82) is 0 Å². The lowest BCUT2D eigenvalue weighted by atomic mass is 10.2. The van der Waals surface area contributed by atoms with E-state index in [0.717, 1.165) is 30.1 Å². The predicted octanol–water partition coefficient (Wildman–Crippen LogP) is 2.51. The van der Waals surface area contributed by atoms with E-state index in [9.17, 15) is 0 Å². The molecule has 0 radical (unpaired) electrons. The summed E-state index contributed by atoms with van der Waals surface area (Å²) < 4.78 is 2.21. The summed E-state index contributed by atoms with van der Waals surface area (Å²) in [6.07, 6.45) is 1.92. The maximum atomic E-state index is 5.60. The van der Waals surface area contributed by atoms with Gasteiger partial charge < -0.3 is 10.0 Å². The number of hydrazone groups is 1. The molecule has 0 bridgehead atoms. The van der Waals surface area contributed by atoms with Crippen molar-refractivity contribution in [2.45, 2.75) is 20.4 Å². The lowest BCUT2D eigenvalue weighted by molar-refractivity contribution is 0.616. The maximum Gasteiger partial charge on any atom is 0.121 e. The monoisotopic (exact) mass is 278 g/mol. The molecule has 1 heterocycles. The van der Waals surface area contributed by atoms with Crippen LogP contribution in [0.2, 0.25) is 0 Å². The Morgan fingerprint density at radius 2 is 2.00 bits per heavy atom. The van der Waals surface area contributed by atoms with Gasteiger partial charge in [-0.1, -0.05) is 26.0 Å². The van der Waals surface area contributed by atoms with E-state index in [0.29, 0.717) is 12.5 Å². The third-order valence-corrected chi connectivity index (χ3v) is 4.32. The molecule has 0 unspecified atom stereocenters. The Bertz CT molecular complexity index is 416. The van der Waals surface area contributed by atoms with Crippen LogP contribution in [0, 0.1) is 5.92 Å². The van der Waals surface area contributed by atoms with E-state index in [1.54, 1.807) is 0 Å². The Balaban J connectivity index is 1.91. The molecule has 1 aromatic carbocycles. The van der Waals surface area contributed by atoms with Crippen molar-refractivity contribution in [2.75, 3.05) is 23.9 Å². The van der Waals surface area contributed by atoms with Gasteiger partial charge in [0.15, 0.2) is 0 Å². The predicted molar refractivity (Wildman–Crippen MR) is 84.2 cm³/mol. The molecule has 0 spiro atoms. The first-order valence-corrected chi connectivity index (χ1v) is 7.63. The summed E-state index contributed by atoms with van der Waals surface area (Å²) >= 11 is 1.85. The Hall–Kier alpha value is -1.20. The van der Waals surface area contributed by atoms with Gasteiger partial charge in [0.05, 0.1) is 18.8 Å². The molecule has 5 heteroatoms. The smallest absolute Gasteiger partial charge is 0.121 e. The highest BCUT2D eigenvalue weighted by molar-refractivity contribution is 7.97. The van der Waals surface area contributed by atoms with Gasteiger partial charge in [-0.25, -0.2) is 0 Å². The molecule has 19 heavy (non-hydrogen) atoms. The Morgan fingerprint density at radius 3 is 2.53 bits per heavy atom. The van der Waals surface area contributed by atoms with Crippen LogP contribution in [0.15, 0.2) is 29.4 Å². The quantitative estimate of drug-likeness (QED) is 0.841. The number of anilines is 1. The summed E-state index contributed by atoms with van der Waals surface area (Å²) in [7, 11) is 0. The topological polar surface area (TPSA) is 44.9 Å². The molecule has 1 aliphatic rings. The summed E-state index contributed by atoms with van der Waals surface area (Å²) in [5, 5.41) is 6.53. The summed E-state index contributed by atoms with van der Waals surface area (Å²) in [6.45, 7) is 6.98. The number of nitrogens with two attached hydrogens (primary N) is 1. The molecule has 104 valence electrons. The highest BCUT2D eigenvalue weighted by atomic mass is 32.2. The van der Waals surface area contributed by atoms with Crippen LogP contribution in [0.25, 0.3) is 0 Å². The van der Waals surface area contributed by atoms with Crippen molar-refractivity contribution in [3.63, 3.8) is 0 Å². The molecular weight excluding hydrogens is 256 g/mol. The van der Waals surface area contributed by atoms with Gasteiger partial charge in [0.2, 0.25) is 0 Å². The van der Waals surface area contributed by atoms with Crippen molar-refractivity contribution in [2.24, 2.45) is 16.8 Å². The molecule has 0 aliphatic carbocycles. The fourth-order valence-corrected chi connectivity index (χ4v) is 2.58. The van der Waals surface area contributed by atoms with E-state index in [1.165, 1.54) is 0 Å². The Labute approximate surface area is 119 Å². The van der Waals surface area contributed by atoms with Crippen LogP contribution >= 0.6 is 11.9 Å².